The molecule has 116 valence electrons. The zero-order valence-electron chi connectivity index (χ0n) is 12.7. The number of carbonyl (C=O) groups is 1. The Labute approximate surface area is 127 Å². The minimum Gasteiger partial charge on any atom is -0.493 e. The fourth-order valence-electron chi connectivity index (χ4n) is 1.32. The maximum atomic E-state index is 11.3. The standard InChI is InChI=1S/C17H24O4/c1-7-14(5)19-11-17(10-4,12-20-15(6)8-2)13-21-16(18)9-3/h7-9H,1-3,5-6,10-13H2,4H3. The van der Waals surface area contributed by atoms with Crippen molar-refractivity contribution in [1.29, 1.82) is 0 Å². The number of hydrogen-bond acceptors (Lipinski definition) is 4. The van der Waals surface area contributed by atoms with Crippen LogP contribution in [0, 0.1) is 5.41 Å². The first-order valence-electron chi connectivity index (χ1n) is 6.60. The molecule has 0 aromatic rings. The van der Waals surface area contributed by atoms with Gasteiger partial charge in [-0.1, -0.05) is 39.8 Å². The van der Waals surface area contributed by atoms with Gasteiger partial charge in [-0.05, 0) is 18.6 Å². The topological polar surface area (TPSA) is 44.8 Å². The largest absolute Gasteiger partial charge is 0.493 e. The Kier molecular flexibility index (Phi) is 8.62. The van der Waals surface area contributed by atoms with Crippen molar-refractivity contribution in [3.8, 4) is 0 Å². The van der Waals surface area contributed by atoms with Gasteiger partial charge in [-0.3, -0.25) is 0 Å². The highest BCUT2D eigenvalue weighted by molar-refractivity contribution is 5.81. The third-order valence-electron chi connectivity index (χ3n) is 3.02. The molecule has 0 saturated heterocycles. The highest BCUT2D eigenvalue weighted by Gasteiger charge is 2.32. The maximum Gasteiger partial charge on any atom is 0.330 e. The summed E-state index contributed by atoms with van der Waals surface area (Å²) in [5.74, 6) is 0.411. The number of ether oxygens (including phenoxy) is 3. The van der Waals surface area contributed by atoms with Gasteiger partial charge in [-0.2, -0.15) is 0 Å². The van der Waals surface area contributed by atoms with Gasteiger partial charge in [0.2, 0.25) is 0 Å². The molecule has 0 spiro atoms. The third-order valence-corrected chi connectivity index (χ3v) is 3.02. The van der Waals surface area contributed by atoms with E-state index in [1.807, 2.05) is 6.92 Å². The van der Waals surface area contributed by atoms with Gasteiger partial charge in [0.25, 0.3) is 0 Å². The molecule has 0 aromatic heterocycles. The van der Waals surface area contributed by atoms with Crippen molar-refractivity contribution in [2.45, 2.75) is 13.3 Å². The molecule has 0 unspecified atom stereocenters. The van der Waals surface area contributed by atoms with Crippen molar-refractivity contribution < 1.29 is 19.0 Å². The molecule has 4 heteroatoms. The van der Waals surface area contributed by atoms with E-state index < -0.39 is 11.4 Å². The average Bonchev–Trinajstić information content (AvgIpc) is 2.53. The summed E-state index contributed by atoms with van der Waals surface area (Å²) in [6, 6.07) is 0. The predicted molar refractivity (Wildman–Crippen MR) is 84.5 cm³/mol. The first-order chi connectivity index (χ1) is 9.92. The zero-order valence-corrected chi connectivity index (χ0v) is 12.7. The van der Waals surface area contributed by atoms with Crippen molar-refractivity contribution in [2.24, 2.45) is 5.41 Å². The summed E-state index contributed by atoms with van der Waals surface area (Å²) in [5.41, 5.74) is -0.517. The van der Waals surface area contributed by atoms with E-state index in [4.69, 9.17) is 14.2 Å². The van der Waals surface area contributed by atoms with Crippen LogP contribution in [0.25, 0.3) is 0 Å². The van der Waals surface area contributed by atoms with Crippen LogP contribution in [0.2, 0.25) is 0 Å². The molecule has 0 aliphatic rings. The second kappa shape index (κ2) is 9.64. The van der Waals surface area contributed by atoms with Crippen molar-refractivity contribution >= 4 is 5.97 Å². The lowest BCUT2D eigenvalue weighted by Gasteiger charge is -2.31. The van der Waals surface area contributed by atoms with E-state index in [1.54, 1.807) is 0 Å². The quantitative estimate of drug-likeness (QED) is 0.239. The number of esters is 1. The first kappa shape index (κ1) is 18.8. The molecule has 21 heavy (non-hydrogen) atoms. The molecule has 0 aliphatic heterocycles. The van der Waals surface area contributed by atoms with Crippen molar-refractivity contribution in [1.82, 2.24) is 0 Å². The minimum atomic E-state index is -0.517. The minimum absolute atomic E-state index is 0.142. The SMILES string of the molecule is C=CC(=C)OCC(CC)(COC(=C)C=C)COC(=O)C=C. The van der Waals surface area contributed by atoms with Crippen LogP contribution in [-0.4, -0.2) is 25.8 Å². The lowest BCUT2D eigenvalue weighted by Crippen LogP contribution is -2.37. The van der Waals surface area contributed by atoms with E-state index >= 15 is 0 Å². The van der Waals surface area contributed by atoms with Crippen LogP contribution in [0.4, 0.5) is 0 Å². The molecule has 0 amide bonds. The van der Waals surface area contributed by atoms with Gasteiger partial charge in [0, 0.05) is 6.08 Å². The highest BCUT2D eigenvalue weighted by Crippen LogP contribution is 2.26. The Balaban J connectivity index is 4.87. The van der Waals surface area contributed by atoms with E-state index in [0.717, 1.165) is 6.08 Å². The maximum absolute atomic E-state index is 11.3. The smallest absolute Gasteiger partial charge is 0.330 e. The predicted octanol–water partition coefficient (Wildman–Crippen LogP) is 3.54. The zero-order chi connectivity index (χ0) is 16.3. The second-order valence-corrected chi connectivity index (χ2v) is 4.58. The molecule has 0 aromatic carbocycles. The Morgan fingerprint density at radius 1 is 0.905 bits per heavy atom. The molecule has 4 nitrogen and oxygen atoms in total. The second-order valence-electron chi connectivity index (χ2n) is 4.58. The Morgan fingerprint density at radius 2 is 1.33 bits per heavy atom. The highest BCUT2D eigenvalue weighted by atomic mass is 16.5. The van der Waals surface area contributed by atoms with Crippen LogP contribution in [0.5, 0.6) is 0 Å². The number of hydrogen-bond donors (Lipinski definition) is 0. The van der Waals surface area contributed by atoms with Gasteiger partial charge in [-0.15, -0.1) is 0 Å². The third kappa shape index (κ3) is 7.20. The molecular weight excluding hydrogens is 268 g/mol. The summed E-state index contributed by atoms with van der Waals surface area (Å²) in [4.78, 5) is 11.3. The molecule has 0 radical (unpaired) electrons. The number of carbonyl (C=O) groups excluding carboxylic acids is 1. The van der Waals surface area contributed by atoms with Crippen LogP contribution in [0.1, 0.15) is 13.3 Å². The lowest BCUT2D eigenvalue weighted by molar-refractivity contribution is -0.144. The van der Waals surface area contributed by atoms with E-state index in [0.29, 0.717) is 17.9 Å². The van der Waals surface area contributed by atoms with Crippen LogP contribution in [0.3, 0.4) is 0 Å². The summed E-state index contributed by atoms with van der Waals surface area (Å²) in [6.45, 7) is 20.6. The lowest BCUT2D eigenvalue weighted by atomic mass is 9.88. The van der Waals surface area contributed by atoms with Crippen molar-refractivity contribution in [3.63, 3.8) is 0 Å². The van der Waals surface area contributed by atoms with Gasteiger partial charge in [0.15, 0.2) is 0 Å². The van der Waals surface area contributed by atoms with Gasteiger partial charge in [0.1, 0.15) is 31.3 Å². The van der Waals surface area contributed by atoms with Gasteiger partial charge < -0.3 is 14.2 Å². The van der Waals surface area contributed by atoms with Crippen LogP contribution in [-0.2, 0) is 19.0 Å². The van der Waals surface area contributed by atoms with E-state index in [9.17, 15) is 4.79 Å². The van der Waals surface area contributed by atoms with Gasteiger partial charge >= 0.3 is 5.97 Å². The Bertz CT molecular complexity index is 361. The van der Waals surface area contributed by atoms with Gasteiger partial charge in [-0.25, -0.2) is 4.79 Å². The Morgan fingerprint density at radius 3 is 1.67 bits per heavy atom. The summed E-state index contributed by atoms with van der Waals surface area (Å²) < 4.78 is 16.2. The van der Waals surface area contributed by atoms with Crippen molar-refractivity contribution in [2.75, 3.05) is 19.8 Å². The van der Waals surface area contributed by atoms with Crippen molar-refractivity contribution in [3.05, 3.63) is 62.6 Å². The van der Waals surface area contributed by atoms with E-state index in [1.165, 1.54) is 12.2 Å². The number of rotatable bonds is 12. The normalized spacial score (nSPS) is 10.1. The molecule has 0 saturated carbocycles. The number of allylic oxidation sites excluding steroid dienone is 2. The van der Waals surface area contributed by atoms with Gasteiger partial charge in [0.05, 0.1) is 5.41 Å². The summed E-state index contributed by atoms with van der Waals surface area (Å²) >= 11 is 0. The fourth-order valence-corrected chi connectivity index (χ4v) is 1.32. The van der Waals surface area contributed by atoms with Crippen LogP contribution in [0.15, 0.2) is 62.6 Å². The fraction of sp³-hybridized carbons (Fsp3) is 0.353. The monoisotopic (exact) mass is 292 g/mol. The first-order valence-corrected chi connectivity index (χ1v) is 6.60. The van der Waals surface area contributed by atoms with Crippen LogP contribution >= 0.6 is 0 Å². The summed E-state index contributed by atoms with van der Waals surface area (Å²) in [5, 5.41) is 0. The van der Waals surface area contributed by atoms with E-state index in [2.05, 4.69) is 32.9 Å². The summed E-state index contributed by atoms with van der Waals surface area (Å²) in [6.07, 6.45) is 4.82. The molecule has 0 aliphatic carbocycles. The molecule has 0 bridgehead atoms. The molecule has 0 N–H and O–H groups in total. The Hall–Kier alpha value is -2.23. The average molecular weight is 292 g/mol. The van der Waals surface area contributed by atoms with E-state index in [-0.39, 0.29) is 19.8 Å². The molecule has 0 heterocycles. The van der Waals surface area contributed by atoms with Crippen LogP contribution < -0.4 is 0 Å². The molecule has 0 rings (SSSR count). The molecule has 0 atom stereocenters. The summed E-state index contributed by atoms with van der Waals surface area (Å²) in [7, 11) is 0. The molecule has 0 fully saturated rings. The molecular formula is C17H24O4.